The molecule has 0 radical (unpaired) electrons. The van der Waals surface area contributed by atoms with E-state index in [1.165, 1.54) is 6.20 Å². The van der Waals surface area contributed by atoms with Gasteiger partial charge in [0, 0.05) is 12.4 Å². The smallest absolute Gasteiger partial charge is 0.243 e. The monoisotopic (exact) mass is 197 g/mol. The molecular formula is C8H11N3OS. The molecule has 0 fully saturated rings. The minimum Gasteiger partial charge on any atom is -0.476 e. The number of hydrogen-bond donors (Lipinski definition) is 1. The fraction of sp³-hybridized carbons (Fsp3) is 0.375. The van der Waals surface area contributed by atoms with Crippen LogP contribution in [0, 0.1) is 0 Å². The van der Waals surface area contributed by atoms with Gasteiger partial charge in [0.25, 0.3) is 0 Å². The average molecular weight is 197 g/mol. The van der Waals surface area contributed by atoms with E-state index in [-0.39, 0.29) is 4.99 Å². The van der Waals surface area contributed by atoms with Crippen molar-refractivity contribution in [1.29, 1.82) is 0 Å². The second-order valence-corrected chi connectivity index (χ2v) is 2.86. The maximum atomic E-state index is 5.44. The number of aromatic nitrogens is 2. The summed E-state index contributed by atoms with van der Waals surface area (Å²) in [6.45, 7) is 2.60. The first kappa shape index (κ1) is 9.85. The van der Waals surface area contributed by atoms with E-state index in [0.29, 0.717) is 18.2 Å². The van der Waals surface area contributed by atoms with E-state index in [1.807, 2.05) is 6.92 Å². The Morgan fingerprint density at radius 3 is 2.85 bits per heavy atom. The highest BCUT2D eigenvalue weighted by Crippen LogP contribution is 2.10. The SMILES string of the molecule is CCCOc1nccnc1C(N)=S. The van der Waals surface area contributed by atoms with E-state index in [0.717, 1.165) is 6.42 Å². The molecule has 0 saturated carbocycles. The summed E-state index contributed by atoms with van der Waals surface area (Å²) in [5.41, 5.74) is 5.89. The molecule has 0 aromatic carbocycles. The van der Waals surface area contributed by atoms with Crippen LogP contribution in [0.25, 0.3) is 0 Å². The quantitative estimate of drug-likeness (QED) is 0.727. The van der Waals surface area contributed by atoms with Gasteiger partial charge in [-0.2, -0.15) is 0 Å². The van der Waals surface area contributed by atoms with Crippen LogP contribution in [0.5, 0.6) is 5.88 Å². The van der Waals surface area contributed by atoms with Gasteiger partial charge in [0.1, 0.15) is 4.99 Å². The molecule has 1 heterocycles. The summed E-state index contributed by atoms with van der Waals surface area (Å²) in [6, 6.07) is 0. The van der Waals surface area contributed by atoms with E-state index in [2.05, 4.69) is 9.97 Å². The second kappa shape index (κ2) is 4.71. The lowest BCUT2D eigenvalue weighted by Crippen LogP contribution is -2.14. The standard InChI is InChI=1S/C8H11N3OS/c1-2-5-12-8-6(7(9)13)10-3-4-11-8/h3-4H,2,5H2,1H3,(H2,9,13). The van der Waals surface area contributed by atoms with Gasteiger partial charge in [-0.05, 0) is 6.42 Å². The normalized spacial score (nSPS) is 9.62. The molecule has 1 aromatic heterocycles. The average Bonchev–Trinajstić information content (AvgIpc) is 2.15. The summed E-state index contributed by atoms with van der Waals surface area (Å²) < 4.78 is 5.31. The largest absolute Gasteiger partial charge is 0.476 e. The molecule has 0 bridgehead atoms. The Morgan fingerprint density at radius 2 is 2.23 bits per heavy atom. The van der Waals surface area contributed by atoms with Gasteiger partial charge in [0.05, 0.1) is 6.61 Å². The molecule has 4 nitrogen and oxygen atoms in total. The third kappa shape index (κ3) is 2.62. The van der Waals surface area contributed by atoms with Gasteiger partial charge in [0.15, 0.2) is 5.69 Å². The van der Waals surface area contributed by atoms with Crippen molar-refractivity contribution < 1.29 is 4.74 Å². The Balaban J connectivity index is 2.84. The first-order chi connectivity index (χ1) is 6.25. The zero-order valence-corrected chi connectivity index (χ0v) is 8.17. The van der Waals surface area contributed by atoms with Crippen LogP contribution in [0.15, 0.2) is 12.4 Å². The molecule has 13 heavy (non-hydrogen) atoms. The molecule has 0 aliphatic carbocycles. The third-order valence-electron chi connectivity index (χ3n) is 1.34. The highest BCUT2D eigenvalue weighted by Gasteiger charge is 2.07. The lowest BCUT2D eigenvalue weighted by Gasteiger charge is -2.06. The van der Waals surface area contributed by atoms with Gasteiger partial charge in [-0.25, -0.2) is 9.97 Å². The topological polar surface area (TPSA) is 61.0 Å². The maximum absolute atomic E-state index is 5.44. The number of hydrogen-bond acceptors (Lipinski definition) is 4. The van der Waals surface area contributed by atoms with Crippen LogP contribution in [0.4, 0.5) is 0 Å². The van der Waals surface area contributed by atoms with Crippen molar-refractivity contribution in [2.24, 2.45) is 5.73 Å². The Bertz CT molecular complexity index is 303. The van der Waals surface area contributed by atoms with Crippen molar-refractivity contribution >= 4 is 17.2 Å². The molecular weight excluding hydrogens is 186 g/mol. The Kier molecular flexibility index (Phi) is 3.57. The molecule has 70 valence electrons. The summed E-state index contributed by atoms with van der Waals surface area (Å²) in [6.07, 6.45) is 3.99. The van der Waals surface area contributed by atoms with Crippen molar-refractivity contribution in [3.63, 3.8) is 0 Å². The van der Waals surface area contributed by atoms with E-state index in [4.69, 9.17) is 22.7 Å². The van der Waals surface area contributed by atoms with Gasteiger partial charge in [-0.1, -0.05) is 19.1 Å². The van der Waals surface area contributed by atoms with Gasteiger partial charge < -0.3 is 10.5 Å². The van der Waals surface area contributed by atoms with Crippen LogP contribution in [0.1, 0.15) is 19.0 Å². The number of thiocarbonyl (C=S) groups is 1. The molecule has 1 aromatic rings. The summed E-state index contributed by atoms with van der Waals surface area (Å²) >= 11 is 4.80. The predicted octanol–water partition coefficient (Wildman–Crippen LogP) is 0.900. The summed E-state index contributed by atoms with van der Waals surface area (Å²) in [7, 11) is 0. The highest BCUT2D eigenvalue weighted by molar-refractivity contribution is 7.80. The minimum absolute atomic E-state index is 0.208. The van der Waals surface area contributed by atoms with E-state index in [9.17, 15) is 0 Å². The molecule has 0 saturated heterocycles. The van der Waals surface area contributed by atoms with Crippen LogP contribution in [0.2, 0.25) is 0 Å². The number of nitrogens with zero attached hydrogens (tertiary/aromatic N) is 2. The van der Waals surface area contributed by atoms with Crippen LogP contribution in [-0.2, 0) is 0 Å². The van der Waals surface area contributed by atoms with Crippen LogP contribution < -0.4 is 10.5 Å². The fourth-order valence-corrected chi connectivity index (χ4v) is 0.939. The molecule has 0 atom stereocenters. The molecule has 0 unspecified atom stereocenters. The zero-order chi connectivity index (χ0) is 9.68. The lowest BCUT2D eigenvalue weighted by atomic mass is 10.4. The Labute approximate surface area is 82.1 Å². The van der Waals surface area contributed by atoms with Crippen molar-refractivity contribution in [2.45, 2.75) is 13.3 Å². The van der Waals surface area contributed by atoms with Gasteiger partial charge >= 0.3 is 0 Å². The fourth-order valence-electron chi connectivity index (χ4n) is 0.799. The molecule has 0 aliphatic heterocycles. The lowest BCUT2D eigenvalue weighted by molar-refractivity contribution is 0.303. The third-order valence-corrected chi connectivity index (χ3v) is 1.53. The van der Waals surface area contributed by atoms with Gasteiger partial charge in [-0.15, -0.1) is 0 Å². The molecule has 0 aliphatic rings. The van der Waals surface area contributed by atoms with Crippen molar-refractivity contribution in [2.75, 3.05) is 6.61 Å². The van der Waals surface area contributed by atoms with Gasteiger partial charge in [0.2, 0.25) is 5.88 Å². The van der Waals surface area contributed by atoms with Gasteiger partial charge in [-0.3, -0.25) is 0 Å². The van der Waals surface area contributed by atoms with Crippen LogP contribution >= 0.6 is 12.2 Å². The molecule has 0 spiro atoms. The first-order valence-electron chi connectivity index (χ1n) is 3.99. The maximum Gasteiger partial charge on any atom is 0.243 e. The van der Waals surface area contributed by atoms with Crippen molar-refractivity contribution in [3.05, 3.63) is 18.1 Å². The van der Waals surface area contributed by atoms with Crippen molar-refractivity contribution in [1.82, 2.24) is 9.97 Å². The highest BCUT2D eigenvalue weighted by atomic mass is 32.1. The number of ether oxygens (including phenoxy) is 1. The van der Waals surface area contributed by atoms with Crippen LogP contribution in [-0.4, -0.2) is 21.6 Å². The summed E-state index contributed by atoms with van der Waals surface area (Å²) in [4.78, 5) is 8.17. The van der Waals surface area contributed by atoms with Crippen molar-refractivity contribution in [3.8, 4) is 5.88 Å². The van der Waals surface area contributed by atoms with E-state index < -0.39 is 0 Å². The Hall–Kier alpha value is -1.23. The van der Waals surface area contributed by atoms with E-state index in [1.54, 1.807) is 6.20 Å². The zero-order valence-electron chi connectivity index (χ0n) is 7.36. The number of rotatable bonds is 4. The molecule has 2 N–H and O–H groups in total. The second-order valence-electron chi connectivity index (χ2n) is 2.42. The Morgan fingerprint density at radius 1 is 1.54 bits per heavy atom. The minimum atomic E-state index is 0.208. The predicted molar refractivity (Wildman–Crippen MR) is 53.7 cm³/mol. The molecule has 1 rings (SSSR count). The first-order valence-corrected chi connectivity index (χ1v) is 4.40. The van der Waals surface area contributed by atoms with Crippen LogP contribution in [0.3, 0.4) is 0 Å². The van der Waals surface area contributed by atoms with E-state index >= 15 is 0 Å². The molecule has 5 heteroatoms. The number of nitrogens with two attached hydrogens (primary N) is 1. The summed E-state index contributed by atoms with van der Waals surface area (Å²) in [5.74, 6) is 0.414. The molecule has 0 amide bonds. The summed E-state index contributed by atoms with van der Waals surface area (Å²) in [5, 5.41) is 0.